The van der Waals surface area contributed by atoms with Crippen molar-refractivity contribution in [2.75, 3.05) is 45.1 Å². The molecule has 216 valence electrons. The van der Waals surface area contributed by atoms with E-state index in [0.717, 1.165) is 36.6 Å². The number of amides is 1. The van der Waals surface area contributed by atoms with Crippen LogP contribution in [-0.4, -0.2) is 74.8 Å². The molecule has 1 amide bonds. The number of halogens is 7. The van der Waals surface area contributed by atoms with Gasteiger partial charge in [-0.1, -0.05) is 0 Å². The van der Waals surface area contributed by atoms with Crippen molar-refractivity contribution in [1.29, 1.82) is 0 Å². The highest BCUT2D eigenvalue weighted by molar-refractivity contribution is 7.80. The van der Waals surface area contributed by atoms with E-state index in [2.05, 4.69) is 20.1 Å². The fourth-order valence-corrected chi connectivity index (χ4v) is 4.35. The maximum absolute atomic E-state index is 13.3. The fourth-order valence-electron chi connectivity index (χ4n) is 2.84. The second kappa shape index (κ2) is 12.7. The summed E-state index contributed by atoms with van der Waals surface area (Å²) in [5.74, 6) is -6.76. The van der Waals surface area contributed by atoms with Crippen molar-refractivity contribution in [3.05, 3.63) is 34.2 Å². The predicted molar refractivity (Wildman–Crippen MR) is 133 cm³/mol. The van der Waals surface area contributed by atoms with Crippen LogP contribution in [0.2, 0.25) is 0 Å². The number of hydrogen-bond acceptors (Lipinski definition) is 7. The number of alkyl halides is 7. The Kier molecular flexibility index (Phi) is 10.4. The Morgan fingerprint density at radius 1 is 1.03 bits per heavy atom. The van der Waals surface area contributed by atoms with Gasteiger partial charge in [-0.05, 0) is 24.7 Å². The van der Waals surface area contributed by atoms with Crippen molar-refractivity contribution < 1.29 is 54.5 Å². The van der Waals surface area contributed by atoms with Crippen LogP contribution >= 0.6 is 23.6 Å². The highest BCUT2D eigenvalue weighted by Gasteiger charge is 2.41. The molecule has 39 heavy (non-hydrogen) atoms. The molecule has 0 radical (unpaired) electrons. The monoisotopic (exact) mass is 605 g/mol. The number of anilines is 2. The van der Waals surface area contributed by atoms with E-state index < -0.39 is 55.1 Å². The minimum absolute atomic E-state index is 0.00244. The lowest BCUT2D eigenvalue weighted by molar-refractivity contribution is -0.153. The lowest BCUT2D eigenvalue weighted by Crippen LogP contribution is -2.33. The number of thiocarbonyl (C=S) groups is 1. The van der Waals surface area contributed by atoms with E-state index in [0.29, 0.717) is 5.56 Å². The second-order valence-corrected chi connectivity index (χ2v) is 9.41. The van der Waals surface area contributed by atoms with Gasteiger partial charge in [0.05, 0.1) is 17.6 Å². The molecule has 0 unspecified atom stereocenters. The molecule has 0 bridgehead atoms. The van der Waals surface area contributed by atoms with Gasteiger partial charge in [-0.15, -0.1) is 11.3 Å². The summed E-state index contributed by atoms with van der Waals surface area (Å²) in [4.78, 5) is 26.3. The summed E-state index contributed by atoms with van der Waals surface area (Å²) in [5, 5.41) is 5.09. The van der Waals surface area contributed by atoms with Crippen LogP contribution in [0.5, 0.6) is 11.5 Å². The van der Waals surface area contributed by atoms with Crippen LogP contribution in [0.25, 0.3) is 0 Å². The first-order chi connectivity index (χ1) is 17.9. The van der Waals surface area contributed by atoms with Crippen molar-refractivity contribution in [3.63, 3.8) is 0 Å². The van der Waals surface area contributed by atoms with E-state index in [-0.39, 0.29) is 26.2 Å². The van der Waals surface area contributed by atoms with E-state index >= 15 is 0 Å². The lowest BCUT2D eigenvalue weighted by atomic mass is 10.1. The number of nitrogens with one attached hydrogen (secondary N) is 2. The van der Waals surface area contributed by atoms with Gasteiger partial charge in [0, 0.05) is 38.0 Å². The molecule has 1 aromatic carbocycles. The zero-order chi connectivity index (χ0) is 29.7. The van der Waals surface area contributed by atoms with Crippen molar-refractivity contribution in [3.8, 4) is 11.5 Å². The molecule has 0 spiro atoms. The molecule has 0 aliphatic rings. The van der Waals surface area contributed by atoms with Gasteiger partial charge in [-0.25, -0.2) is 13.6 Å². The Balaban J connectivity index is 2.35. The third-order valence-electron chi connectivity index (χ3n) is 4.65. The number of carbonyl (C=O) groups excluding carboxylic acids is 2. The summed E-state index contributed by atoms with van der Waals surface area (Å²) in [6.45, 7) is -2.00. The van der Waals surface area contributed by atoms with Crippen LogP contribution in [-0.2, 0) is 4.74 Å². The van der Waals surface area contributed by atoms with E-state index in [9.17, 15) is 40.3 Å². The standard InChI is InChI=1S/C22H22F7N3O5S2/c1-10-14(18(34)35-4)16(39-15(10)17(33)32(2)3)31-20(38)30-11-5-12(36-8-21(25,26)19(23)24)7-13(6-11)37-9-22(27,28)29/h5-7,19H,8-9H2,1-4H3,(H2,30,31,38). The number of carbonyl (C=O) groups is 2. The maximum atomic E-state index is 13.3. The minimum Gasteiger partial charge on any atom is -0.487 e. The van der Waals surface area contributed by atoms with Gasteiger partial charge in [-0.2, -0.15) is 22.0 Å². The summed E-state index contributed by atoms with van der Waals surface area (Å²) in [6.07, 6.45) is -8.79. The molecule has 2 aromatic rings. The quantitative estimate of drug-likeness (QED) is 0.206. The van der Waals surface area contributed by atoms with Gasteiger partial charge >= 0.3 is 24.5 Å². The summed E-state index contributed by atoms with van der Waals surface area (Å²) >= 11 is 6.07. The first-order valence-corrected chi connectivity index (χ1v) is 11.8. The van der Waals surface area contributed by atoms with Crippen LogP contribution < -0.4 is 20.1 Å². The third kappa shape index (κ3) is 8.84. The van der Waals surface area contributed by atoms with Crippen LogP contribution in [0.4, 0.5) is 41.4 Å². The normalized spacial score (nSPS) is 11.7. The predicted octanol–water partition coefficient (Wildman–Crippen LogP) is 5.57. The van der Waals surface area contributed by atoms with Crippen molar-refractivity contribution in [1.82, 2.24) is 4.90 Å². The van der Waals surface area contributed by atoms with E-state index in [1.807, 2.05) is 0 Å². The van der Waals surface area contributed by atoms with E-state index in [4.69, 9.17) is 17.0 Å². The third-order valence-corrected chi connectivity index (χ3v) is 6.05. The van der Waals surface area contributed by atoms with Crippen LogP contribution in [0.3, 0.4) is 0 Å². The van der Waals surface area contributed by atoms with Gasteiger partial charge < -0.3 is 29.7 Å². The van der Waals surface area contributed by atoms with Gasteiger partial charge in [0.15, 0.2) is 18.3 Å². The number of rotatable bonds is 10. The Bertz CT molecular complexity index is 1220. The molecular formula is C22H22F7N3O5S2. The van der Waals surface area contributed by atoms with Crippen molar-refractivity contribution in [2.45, 2.75) is 25.4 Å². The number of hydrogen-bond donors (Lipinski definition) is 2. The fraction of sp³-hybridized carbons (Fsp3) is 0.409. The van der Waals surface area contributed by atoms with Gasteiger partial charge in [-0.3, -0.25) is 4.79 Å². The summed E-state index contributed by atoms with van der Waals surface area (Å²) in [6, 6.07) is 2.81. The molecule has 1 heterocycles. The molecule has 8 nitrogen and oxygen atoms in total. The van der Waals surface area contributed by atoms with Crippen molar-refractivity contribution >= 4 is 51.2 Å². The smallest absolute Gasteiger partial charge is 0.422 e. The minimum atomic E-state index is -4.74. The largest absolute Gasteiger partial charge is 0.487 e. The van der Waals surface area contributed by atoms with Crippen LogP contribution in [0.1, 0.15) is 25.6 Å². The first kappa shape index (κ1) is 31.9. The molecular weight excluding hydrogens is 583 g/mol. The van der Waals surface area contributed by atoms with Crippen LogP contribution in [0.15, 0.2) is 18.2 Å². The van der Waals surface area contributed by atoms with Crippen molar-refractivity contribution in [2.24, 2.45) is 0 Å². The molecule has 0 atom stereocenters. The number of methoxy groups -OCH3 is 1. The molecule has 0 fully saturated rings. The molecule has 0 saturated carbocycles. The van der Waals surface area contributed by atoms with E-state index in [1.165, 1.54) is 25.9 Å². The average molecular weight is 606 g/mol. The lowest BCUT2D eigenvalue weighted by Gasteiger charge is -2.18. The average Bonchev–Trinajstić information content (AvgIpc) is 3.14. The van der Waals surface area contributed by atoms with Crippen LogP contribution in [0, 0.1) is 6.92 Å². The Labute approximate surface area is 227 Å². The zero-order valence-electron chi connectivity index (χ0n) is 20.7. The Morgan fingerprint density at radius 2 is 1.59 bits per heavy atom. The summed E-state index contributed by atoms with van der Waals surface area (Å²) in [7, 11) is 4.13. The highest BCUT2D eigenvalue weighted by Crippen LogP contribution is 2.35. The molecule has 17 heteroatoms. The number of esters is 1. The molecule has 2 rings (SSSR count). The highest BCUT2D eigenvalue weighted by atomic mass is 32.1. The number of ether oxygens (including phenoxy) is 3. The SMILES string of the molecule is COC(=O)c1c(NC(=S)Nc2cc(OCC(F)(F)F)cc(OCC(F)(F)C(F)F)c2)sc(C(=O)N(C)C)c1C. The zero-order valence-corrected chi connectivity index (χ0v) is 22.3. The van der Waals surface area contributed by atoms with E-state index in [1.54, 1.807) is 0 Å². The number of nitrogens with zero attached hydrogens (tertiary/aromatic N) is 1. The topological polar surface area (TPSA) is 89.1 Å². The van der Waals surface area contributed by atoms with Gasteiger partial charge in [0.1, 0.15) is 16.5 Å². The second-order valence-electron chi connectivity index (χ2n) is 7.98. The molecule has 0 aliphatic heterocycles. The summed E-state index contributed by atoms with van der Waals surface area (Å²) < 4.78 is 103. The van der Waals surface area contributed by atoms with Gasteiger partial charge in [0.25, 0.3) is 5.91 Å². The molecule has 0 aliphatic carbocycles. The number of thiophene rings is 1. The first-order valence-electron chi connectivity index (χ1n) is 10.6. The van der Waals surface area contributed by atoms with Gasteiger partial charge in [0.2, 0.25) is 0 Å². The molecule has 2 N–H and O–H groups in total. The Hall–Kier alpha value is -3.34. The maximum Gasteiger partial charge on any atom is 0.422 e. The molecule has 1 aromatic heterocycles. The summed E-state index contributed by atoms with van der Waals surface area (Å²) in [5.41, 5.74) is 0.159. The number of benzene rings is 1. The Morgan fingerprint density at radius 3 is 2.08 bits per heavy atom. The molecule has 0 saturated heterocycles.